The molecular weight excluding hydrogens is 471 g/mol. The minimum Gasteiger partial charge on any atom is -0.394 e. The van der Waals surface area contributed by atoms with Crippen molar-refractivity contribution >= 4 is 23.3 Å². The Morgan fingerprint density at radius 1 is 1.05 bits per heavy atom. The molecule has 37 heavy (non-hydrogen) atoms. The van der Waals surface area contributed by atoms with Gasteiger partial charge < -0.3 is 25.1 Å². The first-order valence-electron chi connectivity index (χ1n) is 12.4. The molecule has 0 aliphatic carbocycles. The normalized spacial score (nSPS) is 20.3. The van der Waals surface area contributed by atoms with Gasteiger partial charge >= 0.3 is 6.03 Å². The summed E-state index contributed by atoms with van der Waals surface area (Å²) < 4.78 is 13.3. The van der Waals surface area contributed by atoms with Crippen LogP contribution in [0.1, 0.15) is 28.4 Å². The Bertz CT molecular complexity index is 1330. The summed E-state index contributed by atoms with van der Waals surface area (Å²) in [5.74, 6) is -0.374. The van der Waals surface area contributed by atoms with Gasteiger partial charge in [0.1, 0.15) is 5.82 Å². The first-order chi connectivity index (χ1) is 17.8. The van der Waals surface area contributed by atoms with Crippen LogP contribution in [0.3, 0.4) is 0 Å². The number of hydrogen-bond donors (Lipinski definition) is 2. The zero-order chi connectivity index (χ0) is 26.3. The summed E-state index contributed by atoms with van der Waals surface area (Å²) in [5, 5.41) is 13.1. The van der Waals surface area contributed by atoms with Crippen LogP contribution in [0.2, 0.25) is 0 Å². The van der Waals surface area contributed by atoms with Crippen LogP contribution >= 0.6 is 0 Å². The van der Waals surface area contributed by atoms with Crippen molar-refractivity contribution in [2.75, 3.05) is 44.5 Å². The first kappa shape index (κ1) is 24.8. The van der Waals surface area contributed by atoms with Crippen molar-refractivity contribution in [2.24, 2.45) is 5.92 Å². The van der Waals surface area contributed by atoms with E-state index >= 15 is 0 Å². The minimum absolute atomic E-state index is 0.0129. The number of rotatable bonds is 4. The third kappa shape index (κ3) is 4.53. The van der Waals surface area contributed by atoms with E-state index in [1.807, 2.05) is 42.3 Å². The van der Waals surface area contributed by atoms with Gasteiger partial charge in [-0.1, -0.05) is 18.2 Å². The number of benzene rings is 3. The number of halogens is 1. The van der Waals surface area contributed by atoms with Crippen molar-refractivity contribution in [1.82, 2.24) is 9.80 Å². The minimum atomic E-state index is -0.363. The number of carbonyl (C=O) groups excluding carboxylic acids is 2. The standard InChI is InChI=1S/C29H31FN4O3/c1-32(2)28(36)20-6-4-5-18(15-20)19-7-12-25-24(16-19)27-23(26(17-35)33(25)3)13-14-34(27)29(37)31-22-10-8-21(30)9-11-22/h4-12,15-16,23,26-27,35H,13-14,17H2,1-3H3,(H,31,37)/t23-,26+,27-/m0/s1. The summed E-state index contributed by atoms with van der Waals surface area (Å²) in [5.41, 5.74) is 4.97. The number of hydrogen-bond acceptors (Lipinski definition) is 4. The molecule has 1 saturated heterocycles. The summed E-state index contributed by atoms with van der Waals surface area (Å²) in [6, 6.07) is 18.8. The number of likely N-dealkylation sites (tertiary alicyclic amines) is 1. The highest BCUT2D eigenvalue weighted by Gasteiger charge is 2.47. The van der Waals surface area contributed by atoms with Crippen molar-refractivity contribution in [2.45, 2.75) is 18.5 Å². The molecule has 3 aromatic carbocycles. The van der Waals surface area contributed by atoms with E-state index in [0.29, 0.717) is 17.8 Å². The Morgan fingerprint density at radius 2 is 1.78 bits per heavy atom. The Morgan fingerprint density at radius 3 is 2.49 bits per heavy atom. The number of nitrogens with zero attached hydrogens (tertiary/aromatic N) is 3. The van der Waals surface area contributed by atoms with Crippen LogP contribution in [-0.2, 0) is 0 Å². The van der Waals surface area contributed by atoms with Gasteiger partial charge in [-0.2, -0.15) is 0 Å². The molecule has 3 amide bonds. The molecule has 1 fully saturated rings. The van der Waals surface area contributed by atoms with Gasteiger partial charge in [0.15, 0.2) is 0 Å². The number of urea groups is 1. The van der Waals surface area contributed by atoms with Gasteiger partial charge in [-0.3, -0.25) is 4.79 Å². The lowest BCUT2D eigenvalue weighted by molar-refractivity contribution is 0.0827. The molecule has 2 N–H and O–H groups in total. The maximum absolute atomic E-state index is 13.4. The maximum atomic E-state index is 13.4. The number of anilines is 2. The molecule has 3 atom stereocenters. The second-order valence-electron chi connectivity index (χ2n) is 9.94. The third-order valence-corrected chi connectivity index (χ3v) is 7.55. The molecule has 8 heteroatoms. The van der Waals surface area contributed by atoms with Crippen molar-refractivity contribution in [3.05, 3.63) is 83.7 Å². The van der Waals surface area contributed by atoms with Crippen molar-refractivity contribution in [3.63, 3.8) is 0 Å². The molecule has 0 bridgehead atoms. The van der Waals surface area contributed by atoms with E-state index in [-0.39, 0.29) is 42.4 Å². The summed E-state index contributed by atoms with van der Waals surface area (Å²) in [4.78, 5) is 31.4. The Balaban J connectivity index is 1.52. The molecule has 0 radical (unpaired) electrons. The average molecular weight is 503 g/mol. The Kier molecular flexibility index (Phi) is 6.60. The van der Waals surface area contributed by atoms with Gasteiger partial charge in [-0.25, -0.2) is 9.18 Å². The number of aliphatic hydroxyl groups excluding tert-OH is 1. The van der Waals surface area contributed by atoms with Crippen LogP contribution in [0.4, 0.5) is 20.6 Å². The monoisotopic (exact) mass is 502 g/mol. The molecule has 3 aromatic rings. The van der Waals surface area contributed by atoms with Crippen LogP contribution in [0.25, 0.3) is 11.1 Å². The van der Waals surface area contributed by atoms with E-state index in [0.717, 1.165) is 28.8 Å². The molecule has 0 aromatic heterocycles. The lowest BCUT2D eigenvalue weighted by Gasteiger charge is -2.44. The third-order valence-electron chi connectivity index (χ3n) is 7.55. The van der Waals surface area contributed by atoms with E-state index in [9.17, 15) is 19.1 Å². The fourth-order valence-corrected chi connectivity index (χ4v) is 5.68. The van der Waals surface area contributed by atoms with Crippen LogP contribution in [0.15, 0.2) is 66.7 Å². The van der Waals surface area contributed by atoms with E-state index < -0.39 is 0 Å². The quantitative estimate of drug-likeness (QED) is 0.547. The highest BCUT2D eigenvalue weighted by atomic mass is 19.1. The van der Waals surface area contributed by atoms with Crippen LogP contribution in [0.5, 0.6) is 0 Å². The van der Waals surface area contributed by atoms with Gasteiger partial charge in [-0.05, 0) is 71.6 Å². The Hall–Kier alpha value is -3.91. The predicted molar refractivity (Wildman–Crippen MR) is 142 cm³/mol. The lowest BCUT2D eigenvalue weighted by atomic mass is 9.81. The topological polar surface area (TPSA) is 76.1 Å². The molecular formula is C29H31FN4O3. The number of amides is 3. The van der Waals surface area contributed by atoms with Gasteiger partial charge in [0.25, 0.3) is 5.91 Å². The summed E-state index contributed by atoms with van der Waals surface area (Å²) in [7, 11) is 5.44. The summed E-state index contributed by atoms with van der Waals surface area (Å²) >= 11 is 0. The van der Waals surface area contributed by atoms with E-state index in [1.165, 1.54) is 12.1 Å². The number of aliphatic hydroxyl groups is 1. The number of fused-ring (bicyclic) bond motifs is 3. The predicted octanol–water partition coefficient (Wildman–Crippen LogP) is 4.60. The molecule has 0 saturated carbocycles. The summed E-state index contributed by atoms with van der Waals surface area (Å²) in [6.07, 6.45) is 0.758. The molecule has 0 unspecified atom stereocenters. The second-order valence-corrected chi connectivity index (χ2v) is 9.94. The molecule has 7 nitrogen and oxygen atoms in total. The van der Waals surface area contributed by atoms with E-state index in [4.69, 9.17) is 0 Å². The van der Waals surface area contributed by atoms with E-state index in [2.05, 4.69) is 16.3 Å². The van der Waals surface area contributed by atoms with Crippen LogP contribution in [0, 0.1) is 11.7 Å². The zero-order valence-electron chi connectivity index (χ0n) is 21.2. The van der Waals surface area contributed by atoms with E-state index in [1.54, 1.807) is 37.2 Å². The summed E-state index contributed by atoms with van der Waals surface area (Å²) in [6.45, 7) is 0.532. The van der Waals surface area contributed by atoms with Gasteiger partial charge in [-0.15, -0.1) is 0 Å². The molecule has 2 heterocycles. The molecule has 0 spiro atoms. The zero-order valence-corrected chi connectivity index (χ0v) is 21.2. The number of likely N-dealkylation sites (N-methyl/N-ethyl adjacent to an activating group) is 1. The molecule has 5 rings (SSSR count). The van der Waals surface area contributed by atoms with Gasteiger partial charge in [0.05, 0.1) is 18.7 Å². The second kappa shape index (κ2) is 9.86. The molecule has 2 aliphatic rings. The molecule has 192 valence electrons. The largest absolute Gasteiger partial charge is 0.394 e. The van der Waals surface area contributed by atoms with Gasteiger partial charge in [0.2, 0.25) is 0 Å². The SMILES string of the molecule is CN(C)C(=O)c1cccc(-c2ccc3c(c2)[C@@H]2[C@@H](CCN2C(=O)Nc2ccc(F)cc2)[C@@H](CO)N3C)c1. The fourth-order valence-electron chi connectivity index (χ4n) is 5.68. The highest BCUT2D eigenvalue weighted by molar-refractivity contribution is 5.95. The van der Waals surface area contributed by atoms with Crippen LogP contribution < -0.4 is 10.2 Å². The average Bonchev–Trinajstić information content (AvgIpc) is 3.35. The number of carbonyl (C=O) groups is 2. The Labute approximate surface area is 216 Å². The maximum Gasteiger partial charge on any atom is 0.322 e. The smallest absolute Gasteiger partial charge is 0.322 e. The first-order valence-corrected chi connectivity index (χ1v) is 12.4. The van der Waals surface area contributed by atoms with Crippen molar-refractivity contribution < 1.29 is 19.1 Å². The van der Waals surface area contributed by atoms with Crippen molar-refractivity contribution in [3.8, 4) is 11.1 Å². The van der Waals surface area contributed by atoms with Crippen LogP contribution in [-0.4, -0.2) is 67.2 Å². The fraction of sp³-hybridized carbons (Fsp3) is 0.310. The highest BCUT2D eigenvalue weighted by Crippen LogP contribution is 2.49. The number of nitrogens with one attached hydrogen (secondary N) is 1. The van der Waals surface area contributed by atoms with Gasteiger partial charge in [0, 0.05) is 50.5 Å². The van der Waals surface area contributed by atoms with Crippen molar-refractivity contribution in [1.29, 1.82) is 0 Å². The lowest BCUT2D eigenvalue weighted by Crippen LogP contribution is -2.48. The molecule has 2 aliphatic heterocycles.